The molecule has 0 fully saturated rings. The van der Waals surface area contributed by atoms with E-state index in [4.69, 9.17) is 4.74 Å². The Kier molecular flexibility index (Phi) is 4.71. The van der Waals surface area contributed by atoms with Crippen LogP contribution in [0.3, 0.4) is 0 Å². The number of esters is 1. The molecule has 0 aliphatic heterocycles. The van der Waals surface area contributed by atoms with Gasteiger partial charge in [0.25, 0.3) is 0 Å². The molecule has 2 aromatic rings. The number of methoxy groups -OCH3 is 1. The Morgan fingerprint density at radius 1 is 1.15 bits per heavy atom. The molecule has 0 atom stereocenters. The number of rotatable bonds is 5. The van der Waals surface area contributed by atoms with Crippen LogP contribution in [0.4, 0.5) is 0 Å². The minimum atomic E-state index is -0.389. The molecule has 0 unspecified atom stereocenters. The Hall–Kier alpha value is -2.36. The van der Waals surface area contributed by atoms with Gasteiger partial charge in [-0.3, -0.25) is 4.98 Å². The molecule has 1 heterocycles. The average Bonchev–Trinajstić information content (AvgIpc) is 2.53. The second-order valence-corrected chi connectivity index (χ2v) is 4.32. The first-order chi connectivity index (χ1) is 9.72. The first kappa shape index (κ1) is 14.1. The largest absolute Gasteiger partial charge is 0.487 e. The fourth-order valence-corrected chi connectivity index (χ4v) is 1.73. The predicted octanol–water partition coefficient (Wildman–Crippen LogP) is 3.01. The average molecular weight is 271 g/mol. The van der Waals surface area contributed by atoms with E-state index in [2.05, 4.69) is 16.6 Å². The van der Waals surface area contributed by atoms with Crippen LogP contribution in [0.15, 0.2) is 42.6 Å². The van der Waals surface area contributed by atoms with Crippen molar-refractivity contribution in [3.63, 3.8) is 0 Å². The van der Waals surface area contributed by atoms with Gasteiger partial charge in [-0.1, -0.05) is 19.1 Å². The van der Waals surface area contributed by atoms with Crippen LogP contribution in [0.1, 0.15) is 28.5 Å². The number of aryl methyl sites for hydroxylation is 1. The van der Waals surface area contributed by atoms with E-state index in [1.54, 1.807) is 12.1 Å². The predicted molar refractivity (Wildman–Crippen MR) is 75.7 cm³/mol. The number of hydrogen-bond acceptors (Lipinski definition) is 4. The standard InChI is InChI=1S/C16H17NO3/c1-3-12-4-8-15(9-5-12)20-11-14-7-6-13(10-17-14)16(18)19-2/h4-10H,3,11H2,1-2H3. The van der Waals surface area contributed by atoms with Crippen molar-refractivity contribution in [2.45, 2.75) is 20.0 Å². The number of hydrogen-bond donors (Lipinski definition) is 0. The van der Waals surface area contributed by atoms with Gasteiger partial charge < -0.3 is 9.47 Å². The summed E-state index contributed by atoms with van der Waals surface area (Å²) in [6.07, 6.45) is 2.50. The van der Waals surface area contributed by atoms with Crippen molar-refractivity contribution < 1.29 is 14.3 Å². The lowest BCUT2D eigenvalue weighted by atomic mass is 10.2. The van der Waals surface area contributed by atoms with Crippen molar-refractivity contribution in [1.82, 2.24) is 4.98 Å². The number of aromatic nitrogens is 1. The fourth-order valence-electron chi connectivity index (χ4n) is 1.73. The summed E-state index contributed by atoms with van der Waals surface area (Å²) in [5.41, 5.74) is 2.47. The molecule has 0 bridgehead atoms. The van der Waals surface area contributed by atoms with Crippen LogP contribution in [-0.2, 0) is 17.8 Å². The van der Waals surface area contributed by atoms with Crippen molar-refractivity contribution >= 4 is 5.97 Å². The molecule has 1 aromatic heterocycles. The highest BCUT2D eigenvalue weighted by molar-refractivity contribution is 5.88. The van der Waals surface area contributed by atoms with Crippen LogP contribution < -0.4 is 4.74 Å². The lowest BCUT2D eigenvalue weighted by molar-refractivity contribution is 0.0600. The zero-order valence-electron chi connectivity index (χ0n) is 11.6. The normalized spacial score (nSPS) is 10.1. The second-order valence-electron chi connectivity index (χ2n) is 4.32. The van der Waals surface area contributed by atoms with Crippen LogP contribution >= 0.6 is 0 Å². The van der Waals surface area contributed by atoms with Crippen LogP contribution in [0.2, 0.25) is 0 Å². The van der Waals surface area contributed by atoms with Crippen LogP contribution in [0.25, 0.3) is 0 Å². The summed E-state index contributed by atoms with van der Waals surface area (Å²) in [4.78, 5) is 15.4. The smallest absolute Gasteiger partial charge is 0.339 e. The van der Waals surface area contributed by atoms with Gasteiger partial charge >= 0.3 is 5.97 Å². The molecule has 0 radical (unpaired) electrons. The summed E-state index contributed by atoms with van der Waals surface area (Å²) in [6, 6.07) is 11.4. The Morgan fingerprint density at radius 2 is 1.90 bits per heavy atom. The van der Waals surface area contributed by atoms with E-state index < -0.39 is 0 Å². The summed E-state index contributed by atoms with van der Waals surface area (Å²) in [5.74, 6) is 0.418. The first-order valence-corrected chi connectivity index (χ1v) is 6.48. The summed E-state index contributed by atoms with van der Waals surface area (Å²) in [7, 11) is 1.35. The number of pyridine rings is 1. The molecule has 104 valence electrons. The maximum atomic E-state index is 11.3. The van der Waals surface area contributed by atoms with Gasteiger partial charge in [0.15, 0.2) is 0 Å². The van der Waals surface area contributed by atoms with Crippen molar-refractivity contribution in [3.8, 4) is 5.75 Å². The SMILES string of the molecule is CCc1ccc(OCc2ccc(C(=O)OC)cn2)cc1. The molecular weight excluding hydrogens is 254 g/mol. The summed E-state index contributed by atoms with van der Waals surface area (Å²) < 4.78 is 10.3. The lowest BCUT2D eigenvalue weighted by Crippen LogP contribution is -2.04. The van der Waals surface area contributed by atoms with Gasteiger partial charge in [-0.25, -0.2) is 4.79 Å². The van der Waals surface area contributed by atoms with E-state index in [0.29, 0.717) is 12.2 Å². The number of benzene rings is 1. The van der Waals surface area contributed by atoms with Gasteiger partial charge in [-0.05, 0) is 36.2 Å². The van der Waals surface area contributed by atoms with E-state index >= 15 is 0 Å². The number of ether oxygens (including phenoxy) is 2. The van der Waals surface area contributed by atoms with Crippen LogP contribution in [0, 0.1) is 0 Å². The Morgan fingerprint density at radius 3 is 2.45 bits per heavy atom. The van der Waals surface area contributed by atoms with E-state index in [1.165, 1.54) is 18.9 Å². The van der Waals surface area contributed by atoms with Crippen LogP contribution in [-0.4, -0.2) is 18.1 Å². The molecule has 0 N–H and O–H groups in total. The highest BCUT2D eigenvalue weighted by Gasteiger charge is 2.05. The van der Waals surface area contributed by atoms with Gasteiger partial charge in [0.05, 0.1) is 18.4 Å². The third kappa shape index (κ3) is 3.57. The van der Waals surface area contributed by atoms with E-state index in [-0.39, 0.29) is 5.97 Å². The van der Waals surface area contributed by atoms with Gasteiger partial charge in [-0.2, -0.15) is 0 Å². The summed E-state index contributed by atoms with van der Waals surface area (Å²) in [6.45, 7) is 2.48. The second kappa shape index (κ2) is 6.70. The zero-order chi connectivity index (χ0) is 14.4. The number of nitrogens with zero attached hydrogens (tertiary/aromatic N) is 1. The van der Waals surface area contributed by atoms with Gasteiger partial charge in [-0.15, -0.1) is 0 Å². The van der Waals surface area contributed by atoms with E-state index in [9.17, 15) is 4.79 Å². The molecule has 4 nitrogen and oxygen atoms in total. The molecule has 0 aliphatic carbocycles. The Bertz CT molecular complexity index is 561. The molecule has 0 saturated carbocycles. The maximum absolute atomic E-state index is 11.3. The molecule has 4 heteroatoms. The maximum Gasteiger partial charge on any atom is 0.339 e. The monoisotopic (exact) mass is 271 g/mol. The Balaban J connectivity index is 1.94. The Labute approximate surface area is 118 Å². The van der Waals surface area contributed by atoms with Crippen LogP contribution in [0.5, 0.6) is 5.75 Å². The molecular formula is C16H17NO3. The first-order valence-electron chi connectivity index (χ1n) is 6.48. The highest BCUT2D eigenvalue weighted by atomic mass is 16.5. The quantitative estimate of drug-likeness (QED) is 0.784. The minimum Gasteiger partial charge on any atom is -0.487 e. The third-order valence-electron chi connectivity index (χ3n) is 2.96. The summed E-state index contributed by atoms with van der Waals surface area (Å²) in [5, 5.41) is 0. The highest BCUT2D eigenvalue weighted by Crippen LogP contribution is 2.14. The third-order valence-corrected chi connectivity index (χ3v) is 2.96. The topological polar surface area (TPSA) is 48.4 Å². The summed E-state index contributed by atoms with van der Waals surface area (Å²) >= 11 is 0. The van der Waals surface area contributed by atoms with Gasteiger partial charge in [0.1, 0.15) is 12.4 Å². The minimum absolute atomic E-state index is 0.368. The van der Waals surface area contributed by atoms with E-state index in [0.717, 1.165) is 17.9 Å². The molecule has 0 amide bonds. The van der Waals surface area contributed by atoms with Crippen molar-refractivity contribution in [3.05, 3.63) is 59.4 Å². The molecule has 2 rings (SSSR count). The molecule has 20 heavy (non-hydrogen) atoms. The van der Waals surface area contributed by atoms with Gasteiger partial charge in [0.2, 0.25) is 0 Å². The van der Waals surface area contributed by atoms with Crippen molar-refractivity contribution in [2.24, 2.45) is 0 Å². The number of carbonyl (C=O) groups excluding carboxylic acids is 1. The molecule has 0 saturated heterocycles. The fraction of sp³-hybridized carbons (Fsp3) is 0.250. The molecule has 0 spiro atoms. The van der Waals surface area contributed by atoms with Crippen molar-refractivity contribution in [1.29, 1.82) is 0 Å². The van der Waals surface area contributed by atoms with Gasteiger partial charge in [0, 0.05) is 6.20 Å². The molecule has 0 aliphatic rings. The number of carbonyl (C=O) groups is 1. The zero-order valence-corrected chi connectivity index (χ0v) is 11.6. The molecule has 1 aromatic carbocycles. The van der Waals surface area contributed by atoms with Crippen molar-refractivity contribution in [2.75, 3.05) is 7.11 Å². The van der Waals surface area contributed by atoms with E-state index in [1.807, 2.05) is 24.3 Å². The lowest BCUT2D eigenvalue weighted by Gasteiger charge is -2.07.